The van der Waals surface area contributed by atoms with Gasteiger partial charge >= 0.3 is 8.56 Å². The second kappa shape index (κ2) is 8.24. The van der Waals surface area contributed by atoms with Crippen LogP contribution < -0.4 is 0 Å². The largest absolute Gasteiger partial charge is 0.411 e. The Morgan fingerprint density at radius 3 is 2.38 bits per heavy atom. The zero-order chi connectivity index (χ0) is 17.6. The van der Waals surface area contributed by atoms with Crippen molar-refractivity contribution in [2.24, 2.45) is 0 Å². The molecule has 0 unspecified atom stereocenters. The molecular formula is C19H25NO3Si. The van der Waals surface area contributed by atoms with Gasteiger partial charge in [-0.25, -0.2) is 0 Å². The lowest BCUT2D eigenvalue weighted by Crippen LogP contribution is -2.33. The van der Waals surface area contributed by atoms with Crippen molar-refractivity contribution >= 4 is 14.5 Å². The number of carbonyl (C=O) groups is 1. The first-order valence-corrected chi connectivity index (χ1v) is 10.6. The van der Waals surface area contributed by atoms with Crippen LogP contribution in [-0.2, 0) is 13.0 Å². The van der Waals surface area contributed by atoms with Crippen LogP contribution in [0.3, 0.4) is 0 Å². The molecule has 0 saturated heterocycles. The molecule has 2 N–H and O–H groups in total. The van der Waals surface area contributed by atoms with Crippen molar-refractivity contribution in [3.05, 3.63) is 71.3 Å². The highest BCUT2D eigenvalue weighted by Gasteiger charge is 2.25. The van der Waals surface area contributed by atoms with Crippen molar-refractivity contribution < 1.29 is 14.4 Å². The van der Waals surface area contributed by atoms with Crippen molar-refractivity contribution in [3.8, 4) is 0 Å². The Labute approximate surface area is 144 Å². The first-order chi connectivity index (χ1) is 11.4. The number of hydrogen-bond acceptors (Lipinski definition) is 3. The van der Waals surface area contributed by atoms with Gasteiger partial charge in [0.05, 0.1) is 0 Å². The molecule has 2 aromatic carbocycles. The molecule has 128 valence electrons. The Balaban J connectivity index is 2.03. The van der Waals surface area contributed by atoms with E-state index >= 15 is 0 Å². The van der Waals surface area contributed by atoms with E-state index in [1.807, 2.05) is 48.5 Å². The molecular weight excluding hydrogens is 318 g/mol. The number of carbonyl (C=O) groups excluding carboxylic acids is 1. The maximum absolute atomic E-state index is 12.6. The quantitative estimate of drug-likeness (QED) is 0.760. The van der Waals surface area contributed by atoms with E-state index in [0.717, 1.165) is 11.1 Å². The van der Waals surface area contributed by atoms with Crippen LogP contribution in [0.25, 0.3) is 0 Å². The number of amides is 1. The standard InChI is InChI=1S/C19H25NO3Si/c1-3-24(22,23)13-12-16-10-7-11-18(14-16)19(21)20(2)15-17-8-5-4-6-9-17/h4-11,14,22-23H,3,12-13,15H2,1-2H3. The highest BCUT2D eigenvalue weighted by Crippen LogP contribution is 2.16. The number of rotatable bonds is 7. The van der Waals surface area contributed by atoms with Crippen LogP contribution in [0.1, 0.15) is 28.4 Å². The van der Waals surface area contributed by atoms with Gasteiger partial charge in [-0.3, -0.25) is 4.79 Å². The summed E-state index contributed by atoms with van der Waals surface area (Å²) < 4.78 is 0. The molecule has 0 radical (unpaired) electrons. The van der Waals surface area contributed by atoms with Crippen molar-refractivity contribution in [2.45, 2.75) is 32.0 Å². The maximum Gasteiger partial charge on any atom is 0.332 e. The zero-order valence-corrected chi connectivity index (χ0v) is 15.3. The summed E-state index contributed by atoms with van der Waals surface area (Å²) in [7, 11) is -1.28. The average Bonchev–Trinajstić information content (AvgIpc) is 2.60. The van der Waals surface area contributed by atoms with E-state index in [-0.39, 0.29) is 5.91 Å². The summed E-state index contributed by atoms with van der Waals surface area (Å²) in [6, 6.07) is 18.1. The summed E-state index contributed by atoms with van der Waals surface area (Å²) in [6.45, 7) is 2.35. The summed E-state index contributed by atoms with van der Waals surface area (Å²) in [4.78, 5) is 34.0. The second-order valence-corrected chi connectivity index (χ2v) is 9.36. The van der Waals surface area contributed by atoms with Crippen LogP contribution >= 0.6 is 0 Å². The summed E-state index contributed by atoms with van der Waals surface area (Å²) in [6.07, 6.45) is 0.580. The van der Waals surface area contributed by atoms with Crippen LogP contribution in [0.4, 0.5) is 0 Å². The molecule has 24 heavy (non-hydrogen) atoms. The lowest BCUT2D eigenvalue weighted by Gasteiger charge is -2.18. The third-order valence-corrected chi connectivity index (χ3v) is 6.35. The molecule has 1 amide bonds. The van der Waals surface area contributed by atoms with Crippen LogP contribution in [0.2, 0.25) is 12.1 Å². The Bertz CT molecular complexity index is 673. The number of hydrogen-bond donors (Lipinski definition) is 2. The van der Waals surface area contributed by atoms with E-state index in [4.69, 9.17) is 0 Å². The molecule has 5 heteroatoms. The summed E-state index contributed by atoms with van der Waals surface area (Å²) in [5.41, 5.74) is 2.68. The van der Waals surface area contributed by atoms with Gasteiger partial charge in [0.25, 0.3) is 5.91 Å². The molecule has 4 nitrogen and oxygen atoms in total. The number of nitrogens with zero attached hydrogens (tertiary/aromatic N) is 1. The lowest BCUT2D eigenvalue weighted by atomic mass is 10.1. The SMILES string of the molecule is CC[Si](O)(O)CCc1cccc(C(=O)N(C)Cc2ccccc2)c1. The van der Waals surface area contributed by atoms with Crippen molar-refractivity contribution in [1.29, 1.82) is 0 Å². The Hall–Kier alpha value is -1.95. The number of aryl methyl sites for hydroxylation is 1. The fraction of sp³-hybridized carbons (Fsp3) is 0.316. The zero-order valence-electron chi connectivity index (χ0n) is 14.3. The fourth-order valence-electron chi connectivity index (χ4n) is 2.53. The topological polar surface area (TPSA) is 60.8 Å². The molecule has 0 saturated carbocycles. The van der Waals surface area contributed by atoms with E-state index in [1.165, 1.54) is 0 Å². The highest BCUT2D eigenvalue weighted by atomic mass is 28.4. The molecule has 2 aromatic rings. The second-order valence-electron chi connectivity index (χ2n) is 6.18. The molecule has 0 atom stereocenters. The molecule has 0 aliphatic carbocycles. The minimum Gasteiger partial charge on any atom is -0.411 e. The summed E-state index contributed by atoms with van der Waals surface area (Å²) in [5, 5.41) is 0. The Morgan fingerprint density at radius 1 is 1.04 bits per heavy atom. The van der Waals surface area contributed by atoms with E-state index < -0.39 is 8.56 Å². The van der Waals surface area contributed by atoms with Crippen LogP contribution in [0, 0.1) is 0 Å². The average molecular weight is 343 g/mol. The van der Waals surface area contributed by atoms with Crippen LogP contribution in [0.5, 0.6) is 0 Å². The molecule has 2 rings (SSSR count). The predicted octanol–water partition coefficient (Wildman–Crippen LogP) is 2.95. The molecule has 0 heterocycles. The summed E-state index contributed by atoms with van der Waals surface area (Å²) >= 11 is 0. The minimum atomic E-state index is -3.07. The Morgan fingerprint density at radius 2 is 1.71 bits per heavy atom. The van der Waals surface area contributed by atoms with E-state index in [1.54, 1.807) is 24.9 Å². The molecule has 0 aliphatic heterocycles. The smallest absolute Gasteiger partial charge is 0.332 e. The third-order valence-electron chi connectivity index (χ3n) is 4.16. The van der Waals surface area contributed by atoms with E-state index in [9.17, 15) is 14.4 Å². The van der Waals surface area contributed by atoms with E-state index in [0.29, 0.717) is 30.6 Å². The van der Waals surface area contributed by atoms with Gasteiger partial charge in [0, 0.05) is 19.2 Å². The van der Waals surface area contributed by atoms with Gasteiger partial charge in [0.1, 0.15) is 0 Å². The normalized spacial score (nSPS) is 11.3. The first kappa shape index (κ1) is 18.4. The van der Waals surface area contributed by atoms with Gasteiger partial charge in [0.2, 0.25) is 0 Å². The van der Waals surface area contributed by atoms with Gasteiger partial charge in [-0.2, -0.15) is 0 Å². The van der Waals surface area contributed by atoms with Crippen molar-refractivity contribution in [1.82, 2.24) is 4.90 Å². The van der Waals surface area contributed by atoms with Gasteiger partial charge in [-0.15, -0.1) is 0 Å². The van der Waals surface area contributed by atoms with Crippen molar-refractivity contribution in [2.75, 3.05) is 7.05 Å². The fourth-order valence-corrected chi connectivity index (χ4v) is 3.57. The molecule has 0 aromatic heterocycles. The Kier molecular flexibility index (Phi) is 6.31. The van der Waals surface area contributed by atoms with Gasteiger partial charge in [0.15, 0.2) is 0 Å². The van der Waals surface area contributed by atoms with Gasteiger partial charge < -0.3 is 14.5 Å². The maximum atomic E-state index is 12.6. The first-order valence-electron chi connectivity index (χ1n) is 8.24. The highest BCUT2D eigenvalue weighted by molar-refractivity contribution is 6.64. The number of benzene rings is 2. The van der Waals surface area contributed by atoms with Crippen LogP contribution in [-0.4, -0.2) is 36.0 Å². The van der Waals surface area contributed by atoms with Gasteiger partial charge in [-0.1, -0.05) is 49.4 Å². The molecule has 0 bridgehead atoms. The predicted molar refractivity (Wildman–Crippen MR) is 97.9 cm³/mol. The molecule has 0 aliphatic rings. The molecule has 0 fully saturated rings. The lowest BCUT2D eigenvalue weighted by molar-refractivity contribution is 0.0785. The molecule has 0 spiro atoms. The monoisotopic (exact) mass is 343 g/mol. The third kappa shape index (κ3) is 5.30. The van der Waals surface area contributed by atoms with Gasteiger partial charge in [-0.05, 0) is 41.8 Å². The van der Waals surface area contributed by atoms with E-state index in [2.05, 4.69) is 0 Å². The summed E-state index contributed by atoms with van der Waals surface area (Å²) in [5.74, 6) is -0.0345. The van der Waals surface area contributed by atoms with Crippen LogP contribution in [0.15, 0.2) is 54.6 Å². The minimum absolute atomic E-state index is 0.0345. The van der Waals surface area contributed by atoms with Crippen molar-refractivity contribution in [3.63, 3.8) is 0 Å².